The zero-order chi connectivity index (χ0) is 44.7. The number of pyridine rings is 2. The normalized spacial score (nSPS) is 13.9. The van der Waals surface area contributed by atoms with Crippen molar-refractivity contribution in [2.45, 2.75) is 0 Å². The van der Waals surface area contributed by atoms with Crippen molar-refractivity contribution in [3.63, 3.8) is 0 Å². The molecule has 2 aliphatic carbocycles. The third kappa shape index (κ3) is 6.15. The summed E-state index contributed by atoms with van der Waals surface area (Å²) >= 11 is 0. The van der Waals surface area contributed by atoms with E-state index in [0.717, 1.165) is 57.2 Å². The Labute approximate surface area is 395 Å². The van der Waals surface area contributed by atoms with Crippen molar-refractivity contribution in [3.8, 4) is 89.1 Å². The number of hydrogen-bond donors (Lipinski definition) is 2. The van der Waals surface area contributed by atoms with E-state index in [1.807, 2.05) is 24.5 Å². The van der Waals surface area contributed by atoms with Gasteiger partial charge in [0.15, 0.2) is 0 Å². The van der Waals surface area contributed by atoms with Crippen molar-refractivity contribution in [2.24, 2.45) is 0 Å². The van der Waals surface area contributed by atoms with Gasteiger partial charge in [-0.15, -0.1) is 0 Å². The van der Waals surface area contributed by atoms with Gasteiger partial charge in [0.05, 0.1) is 22.8 Å². The van der Waals surface area contributed by atoms with Gasteiger partial charge in [0.2, 0.25) is 0 Å². The smallest absolute Gasteiger partial charge is 0.0861 e. The first-order chi connectivity index (χ1) is 33.7. The molecule has 2 aliphatic heterocycles. The molecule has 10 aromatic rings. The SMILES string of the molecule is C1=CC(c2cccc(-c3cc(C4=CC=C(c5ccccn5)NC4)cc(-c4cc(-c5ccc6c7c(cccc57)-c5ccccc5-6)cc(-c5ccc6c7c(cccc57)-c5ccccc5-6)c4)c3)n2)=CCN1. The lowest BCUT2D eigenvalue weighted by atomic mass is 9.87. The van der Waals surface area contributed by atoms with Crippen molar-refractivity contribution >= 4 is 38.4 Å². The van der Waals surface area contributed by atoms with Crippen LogP contribution in [-0.2, 0) is 0 Å². The van der Waals surface area contributed by atoms with E-state index in [1.165, 1.54) is 93.9 Å². The van der Waals surface area contributed by atoms with Crippen LogP contribution >= 0.6 is 0 Å². The van der Waals surface area contributed by atoms with Gasteiger partial charge in [-0.1, -0.05) is 133 Å². The second-order valence-corrected chi connectivity index (χ2v) is 18.1. The van der Waals surface area contributed by atoms with E-state index in [4.69, 9.17) is 4.98 Å². The number of fused-ring (bicyclic) bond motifs is 6. The number of hydrogen-bond acceptors (Lipinski definition) is 4. The van der Waals surface area contributed by atoms with Crippen LogP contribution in [0.15, 0.2) is 219 Å². The van der Waals surface area contributed by atoms with Crippen molar-refractivity contribution < 1.29 is 0 Å². The van der Waals surface area contributed by atoms with Gasteiger partial charge in [-0.2, -0.15) is 0 Å². The minimum atomic E-state index is 0.668. The van der Waals surface area contributed by atoms with Gasteiger partial charge in [-0.25, -0.2) is 4.98 Å². The average molecular weight is 867 g/mol. The fourth-order valence-corrected chi connectivity index (χ4v) is 11.1. The molecule has 8 aromatic carbocycles. The largest absolute Gasteiger partial charge is 0.387 e. The molecule has 0 spiro atoms. The molecule has 4 nitrogen and oxygen atoms in total. The Balaban J connectivity index is 0.998. The average Bonchev–Trinajstić information content (AvgIpc) is 3.93. The maximum absolute atomic E-state index is 5.31. The number of dihydropyridines is 2. The number of aromatic nitrogens is 2. The summed E-state index contributed by atoms with van der Waals surface area (Å²) in [6.07, 6.45) is 12.6. The molecule has 2 N–H and O–H groups in total. The molecule has 0 amide bonds. The first kappa shape index (κ1) is 38.4. The number of benzene rings is 8. The number of rotatable bonds is 7. The zero-order valence-electron chi connectivity index (χ0n) is 37.1. The summed E-state index contributed by atoms with van der Waals surface area (Å²) < 4.78 is 0. The van der Waals surface area contributed by atoms with Crippen molar-refractivity contribution in [1.82, 2.24) is 20.6 Å². The van der Waals surface area contributed by atoms with Gasteiger partial charge < -0.3 is 10.6 Å². The number of allylic oxidation sites excluding steroid dienone is 4. The first-order valence-electron chi connectivity index (χ1n) is 23.5. The van der Waals surface area contributed by atoms with E-state index in [2.05, 4.69) is 210 Å². The molecular formula is C64H42N4. The van der Waals surface area contributed by atoms with Gasteiger partial charge in [0.25, 0.3) is 0 Å². The van der Waals surface area contributed by atoms with Crippen molar-refractivity contribution in [2.75, 3.05) is 13.1 Å². The summed E-state index contributed by atoms with van der Waals surface area (Å²) in [7, 11) is 0. The standard InChI is InChI=1S/C64H42N4/c1-3-12-51-49(10-1)55-16-7-14-53-47(22-24-57(51)63(53)55)44-33-43(34-45(37-44)48-23-25-58-52-13-4-2-11-50(52)56-17-8-15-54(48)64(56)58)42-32-41(40-21-26-62(67-38-40)61-18-5-6-29-66-61)35-46(36-42)60-20-9-19-59(68-60)39-27-30-65-31-28-39/h1-30,32-37,65,67H,31,38H2. The highest BCUT2D eigenvalue weighted by Gasteiger charge is 2.25. The number of nitrogens with zero attached hydrogens (tertiary/aromatic N) is 2. The molecule has 2 aromatic heterocycles. The molecule has 318 valence electrons. The molecule has 4 heterocycles. The third-order valence-electron chi connectivity index (χ3n) is 14.3. The van der Waals surface area contributed by atoms with Gasteiger partial charge in [0, 0.05) is 24.8 Å². The molecule has 0 radical (unpaired) electrons. The summed E-state index contributed by atoms with van der Waals surface area (Å²) in [5.74, 6) is 0. The maximum atomic E-state index is 5.31. The van der Waals surface area contributed by atoms with Gasteiger partial charge >= 0.3 is 0 Å². The quantitative estimate of drug-likeness (QED) is 0.168. The lowest BCUT2D eigenvalue weighted by molar-refractivity contribution is 0.974. The van der Waals surface area contributed by atoms with Crippen LogP contribution in [0.1, 0.15) is 17.0 Å². The Kier molecular flexibility index (Phi) is 8.68. The topological polar surface area (TPSA) is 49.8 Å². The molecule has 0 fully saturated rings. The highest BCUT2D eigenvalue weighted by Crippen LogP contribution is 2.52. The first-order valence-corrected chi connectivity index (χ1v) is 23.5. The predicted molar refractivity (Wildman–Crippen MR) is 283 cm³/mol. The Bertz CT molecular complexity index is 3690. The van der Waals surface area contributed by atoms with Crippen LogP contribution in [-0.4, -0.2) is 23.1 Å². The second kappa shape index (κ2) is 15.4. The molecule has 14 rings (SSSR count). The van der Waals surface area contributed by atoms with E-state index in [1.54, 1.807) is 0 Å². The highest BCUT2D eigenvalue weighted by molar-refractivity contribution is 6.20. The zero-order valence-corrected chi connectivity index (χ0v) is 37.1. The minimum absolute atomic E-state index is 0.668. The summed E-state index contributed by atoms with van der Waals surface area (Å²) in [6, 6.07) is 67.4. The van der Waals surface area contributed by atoms with E-state index in [0.29, 0.717) is 6.54 Å². The maximum Gasteiger partial charge on any atom is 0.0861 e. The molecule has 4 heteroatoms. The van der Waals surface area contributed by atoms with E-state index < -0.39 is 0 Å². The molecule has 4 aliphatic rings. The Morgan fingerprint density at radius 1 is 0.397 bits per heavy atom. The number of nitrogens with one attached hydrogen (secondary N) is 2. The summed E-state index contributed by atoms with van der Waals surface area (Å²) in [5, 5.41) is 12.1. The van der Waals surface area contributed by atoms with Crippen LogP contribution in [0.25, 0.3) is 128 Å². The van der Waals surface area contributed by atoms with Crippen LogP contribution in [0.4, 0.5) is 0 Å². The fraction of sp³-hybridized carbons (Fsp3) is 0.0312. The summed E-state index contributed by atoms with van der Waals surface area (Å²) in [6.45, 7) is 1.45. The Hall–Kier alpha value is -8.86. The molecule has 0 atom stereocenters. The van der Waals surface area contributed by atoms with Crippen LogP contribution in [0, 0.1) is 0 Å². The highest BCUT2D eigenvalue weighted by atomic mass is 14.9. The second-order valence-electron chi connectivity index (χ2n) is 18.1. The monoisotopic (exact) mass is 866 g/mol. The lowest BCUT2D eigenvalue weighted by Gasteiger charge is -2.20. The van der Waals surface area contributed by atoms with Crippen LogP contribution in [0.2, 0.25) is 0 Å². The molecule has 68 heavy (non-hydrogen) atoms. The summed E-state index contributed by atoms with van der Waals surface area (Å²) in [5.41, 5.74) is 25.9. The predicted octanol–water partition coefficient (Wildman–Crippen LogP) is 15.3. The molecule has 0 unspecified atom stereocenters. The molecule has 0 saturated heterocycles. The van der Waals surface area contributed by atoms with Crippen molar-refractivity contribution in [1.29, 1.82) is 0 Å². The third-order valence-corrected chi connectivity index (χ3v) is 14.3. The fourth-order valence-electron chi connectivity index (χ4n) is 11.1. The van der Waals surface area contributed by atoms with E-state index >= 15 is 0 Å². The van der Waals surface area contributed by atoms with Crippen molar-refractivity contribution in [3.05, 3.63) is 236 Å². The Morgan fingerprint density at radius 2 is 0.912 bits per heavy atom. The minimum Gasteiger partial charge on any atom is -0.387 e. The summed E-state index contributed by atoms with van der Waals surface area (Å²) in [4.78, 5) is 9.94. The lowest BCUT2D eigenvalue weighted by Crippen LogP contribution is -2.18. The van der Waals surface area contributed by atoms with Crippen LogP contribution in [0.3, 0.4) is 0 Å². The molecule has 0 saturated carbocycles. The van der Waals surface area contributed by atoms with Gasteiger partial charge in [0.1, 0.15) is 0 Å². The van der Waals surface area contributed by atoms with Crippen LogP contribution < -0.4 is 10.6 Å². The Morgan fingerprint density at radius 3 is 1.50 bits per heavy atom. The van der Waals surface area contributed by atoms with E-state index in [-0.39, 0.29) is 0 Å². The molecular weight excluding hydrogens is 825 g/mol. The van der Waals surface area contributed by atoms with Crippen LogP contribution in [0.5, 0.6) is 0 Å². The molecule has 0 bridgehead atoms. The van der Waals surface area contributed by atoms with E-state index in [9.17, 15) is 0 Å². The van der Waals surface area contributed by atoms with Gasteiger partial charge in [-0.3, -0.25) is 4.98 Å². The van der Waals surface area contributed by atoms with Gasteiger partial charge in [-0.05, 0) is 195 Å².